The van der Waals surface area contributed by atoms with Crippen LogP contribution in [0.15, 0.2) is 27.6 Å². The lowest BCUT2D eigenvalue weighted by Gasteiger charge is -2.10. The van der Waals surface area contributed by atoms with Crippen molar-refractivity contribution < 1.29 is 4.79 Å². The Morgan fingerprint density at radius 3 is 2.71 bits per heavy atom. The van der Waals surface area contributed by atoms with Crippen LogP contribution in [0.2, 0.25) is 0 Å². The van der Waals surface area contributed by atoms with E-state index in [9.17, 15) is 4.79 Å². The Bertz CT molecular complexity index is 354. The fourth-order valence-electron chi connectivity index (χ4n) is 1.10. The van der Waals surface area contributed by atoms with Crippen LogP contribution < -0.4 is 0 Å². The highest BCUT2D eigenvalue weighted by Crippen LogP contribution is 2.35. The monoisotopic (exact) mass is 292 g/mol. The van der Waals surface area contributed by atoms with E-state index >= 15 is 0 Å². The molecular weight excluding hydrogens is 284 g/mol. The van der Waals surface area contributed by atoms with Gasteiger partial charge in [-0.1, -0.05) is 12.1 Å². The summed E-state index contributed by atoms with van der Waals surface area (Å²) in [5.41, 5.74) is 0.839. The predicted octanol–water partition coefficient (Wildman–Crippen LogP) is 4.04. The lowest BCUT2D eigenvalue weighted by molar-refractivity contribution is -0.116. The molecule has 1 aromatic rings. The van der Waals surface area contributed by atoms with Crippen LogP contribution in [0.1, 0.15) is 17.9 Å². The van der Waals surface area contributed by atoms with E-state index in [4.69, 9.17) is 11.6 Å². The zero-order valence-corrected chi connectivity index (χ0v) is 11.0. The molecule has 0 fully saturated rings. The van der Waals surface area contributed by atoms with Crippen molar-refractivity contribution in [1.29, 1.82) is 0 Å². The number of Topliss-reactive ketones (excluding diaryl/α,β-unsaturated/α-hetero) is 1. The summed E-state index contributed by atoms with van der Waals surface area (Å²) >= 11 is 11.1. The minimum atomic E-state index is -0.559. The van der Waals surface area contributed by atoms with Crippen molar-refractivity contribution in [2.45, 2.75) is 17.2 Å². The normalized spacial score (nSPS) is 12.6. The van der Waals surface area contributed by atoms with E-state index < -0.39 is 5.38 Å². The Balaban J connectivity index is 3.15. The fraction of sp³-hybridized carbons (Fsp3) is 0.300. The number of halogens is 2. The summed E-state index contributed by atoms with van der Waals surface area (Å²) in [6.45, 7) is 1.50. The third-order valence-corrected chi connectivity index (χ3v) is 4.31. The van der Waals surface area contributed by atoms with Gasteiger partial charge in [0.15, 0.2) is 5.78 Å². The van der Waals surface area contributed by atoms with Gasteiger partial charge >= 0.3 is 0 Å². The van der Waals surface area contributed by atoms with Crippen LogP contribution in [0.25, 0.3) is 0 Å². The van der Waals surface area contributed by atoms with Crippen LogP contribution in [0, 0.1) is 0 Å². The van der Waals surface area contributed by atoms with Crippen LogP contribution in [0.3, 0.4) is 0 Å². The van der Waals surface area contributed by atoms with Gasteiger partial charge < -0.3 is 0 Å². The zero-order chi connectivity index (χ0) is 10.7. The quantitative estimate of drug-likeness (QED) is 0.618. The van der Waals surface area contributed by atoms with Crippen molar-refractivity contribution in [2.24, 2.45) is 0 Å². The Morgan fingerprint density at radius 1 is 1.57 bits per heavy atom. The lowest BCUT2D eigenvalue weighted by atomic mass is 10.1. The summed E-state index contributed by atoms with van der Waals surface area (Å²) in [5.74, 6) is -0.0365. The average Bonchev–Trinajstić information content (AvgIpc) is 2.17. The van der Waals surface area contributed by atoms with Crippen LogP contribution >= 0.6 is 39.3 Å². The Labute approximate surface area is 101 Å². The van der Waals surface area contributed by atoms with E-state index in [1.54, 1.807) is 11.8 Å². The number of carbonyl (C=O) groups excluding carboxylic acids is 1. The first-order chi connectivity index (χ1) is 6.57. The molecule has 0 heterocycles. The number of ketones is 1. The summed E-state index contributed by atoms with van der Waals surface area (Å²) in [5, 5.41) is -0.559. The van der Waals surface area contributed by atoms with E-state index in [1.807, 2.05) is 24.5 Å². The molecule has 0 aliphatic carbocycles. The fourth-order valence-corrected chi connectivity index (χ4v) is 2.90. The predicted molar refractivity (Wildman–Crippen MR) is 65.2 cm³/mol. The number of carbonyl (C=O) groups is 1. The summed E-state index contributed by atoms with van der Waals surface area (Å²) in [6.07, 6.45) is 1.99. The molecule has 0 aliphatic heterocycles. The topological polar surface area (TPSA) is 17.1 Å². The van der Waals surface area contributed by atoms with Crippen molar-refractivity contribution in [3.05, 3.63) is 28.2 Å². The summed E-state index contributed by atoms with van der Waals surface area (Å²) in [7, 11) is 0. The molecule has 14 heavy (non-hydrogen) atoms. The molecule has 1 aromatic carbocycles. The lowest BCUT2D eigenvalue weighted by Crippen LogP contribution is -2.02. The molecule has 1 rings (SSSR count). The van der Waals surface area contributed by atoms with E-state index in [1.165, 1.54) is 6.92 Å². The molecule has 1 atom stereocenters. The maximum absolute atomic E-state index is 11.1. The molecule has 0 saturated carbocycles. The minimum absolute atomic E-state index is 0.0365. The highest BCUT2D eigenvalue weighted by Gasteiger charge is 2.17. The van der Waals surface area contributed by atoms with Gasteiger partial charge in [0.1, 0.15) is 5.38 Å². The van der Waals surface area contributed by atoms with Gasteiger partial charge in [-0.2, -0.15) is 0 Å². The number of thioether (sulfide) groups is 1. The highest BCUT2D eigenvalue weighted by molar-refractivity contribution is 9.10. The molecule has 1 nitrogen and oxygen atoms in total. The van der Waals surface area contributed by atoms with Gasteiger partial charge in [-0.25, -0.2) is 0 Å². The maximum atomic E-state index is 11.1. The van der Waals surface area contributed by atoms with Crippen LogP contribution in [0.5, 0.6) is 0 Å². The van der Waals surface area contributed by atoms with Gasteiger partial charge in [0.2, 0.25) is 0 Å². The number of alkyl halides is 1. The third kappa shape index (κ3) is 2.53. The molecule has 76 valence electrons. The van der Waals surface area contributed by atoms with E-state index in [0.717, 1.165) is 14.9 Å². The molecule has 0 N–H and O–H groups in total. The van der Waals surface area contributed by atoms with Crippen LogP contribution in [0.4, 0.5) is 0 Å². The second-order valence-electron chi connectivity index (χ2n) is 2.84. The minimum Gasteiger partial charge on any atom is -0.298 e. The number of rotatable bonds is 3. The van der Waals surface area contributed by atoms with Crippen LogP contribution in [-0.2, 0) is 4.79 Å². The van der Waals surface area contributed by atoms with Crippen LogP contribution in [-0.4, -0.2) is 12.0 Å². The number of benzene rings is 1. The van der Waals surface area contributed by atoms with Gasteiger partial charge in [0.25, 0.3) is 0 Å². The Hall–Kier alpha value is 0.01000. The van der Waals surface area contributed by atoms with Gasteiger partial charge in [-0.3, -0.25) is 4.79 Å². The SMILES string of the molecule is CSc1cccc(C(Cl)C(C)=O)c1Br. The van der Waals surface area contributed by atoms with Gasteiger partial charge in [-0.15, -0.1) is 23.4 Å². The smallest absolute Gasteiger partial charge is 0.152 e. The maximum Gasteiger partial charge on any atom is 0.152 e. The molecule has 0 radical (unpaired) electrons. The summed E-state index contributed by atoms with van der Waals surface area (Å²) in [6, 6.07) is 5.76. The number of hydrogen-bond acceptors (Lipinski definition) is 2. The van der Waals surface area contributed by atoms with Crippen molar-refractivity contribution in [3.8, 4) is 0 Å². The average molecular weight is 294 g/mol. The number of hydrogen-bond donors (Lipinski definition) is 0. The first-order valence-corrected chi connectivity index (χ1v) is 6.50. The standard InChI is InChI=1S/C10H10BrClOS/c1-6(13)10(12)7-4-3-5-8(14-2)9(7)11/h3-5,10H,1-2H3. The molecule has 0 saturated heterocycles. The van der Waals surface area contributed by atoms with Crippen molar-refractivity contribution >= 4 is 45.1 Å². The molecule has 0 aromatic heterocycles. The van der Waals surface area contributed by atoms with Gasteiger partial charge in [0.05, 0.1) is 0 Å². The molecule has 4 heteroatoms. The second-order valence-corrected chi connectivity index (χ2v) is 4.91. The third-order valence-electron chi connectivity index (χ3n) is 1.84. The summed E-state index contributed by atoms with van der Waals surface area (Å²) in [4.78, 5) is 12.2. The molecule has 0 amide bonds. The van der Waals surface area contributed by atoms with Crippen molar-refractivity contribution in [3.63, 3.8) is 0 Å². The van der Waals surface area contributed by atoms with E-state index in [2.05, 4.69) is 15.9 Å². The largest absolute Gasteiger partial charge is 0.298 e. The van der Waals surface area contributed by atoms with E-state index in [-0.39, 0.29) is 5.78 Å². The molecule has 0 aliphatic rings. The molecule has 0 bridgehead atoms. The molecule has 1 unspecified atom stereocenters. The second kappa shape index (κ2) is 5.19. The Kier molecular flexibility index (Phi) is 4.48. The summed E-state index contributed by atoms with van der Waals surface area (Å²) < 4.78 is 0.919. The molecule has 0 spiro atoms. The van der Waals surface area contributed by atoms with Gasteiger partial charge in [-0.05, 0) is 40.7 Å². The van der Waals surface area contributed by atoms with Crippen molar-refractivity contribution in [2.75, 3.05) is 6.26 Å². The first kappa shape index (κ1) is 12.1. The zero-order valence-electron chi connectivity index (χ0n) is 7.88. The van der Waals surface area contributed by atoms with Gasteiger partial charge in [0, 0.05) is 9.37 Å². The first-order valence-electron chi connectivity index (χ1n) is 4.05. The highest BCUT2D eigenvalue weighted by atomic mass is 79.9. The Morgan fingerprint density at radius 2 is 2.21 bits per heavy atom. The van der Waals surface area contributed by atoms with E-state index in [0.29, 0.717) is 0 Å². The van der Waals surface area contributed by atoms with Crippen molar-refractivity contribution in [1.82, 2.24) is 0 Å². The molecular formula is C10H10BrClOS.